The summed E-state index contributed by atoms with van der Waals surface area (Å²) in [5, 5.41) is 21.9. The van der Waals surface area contributed by atoms with Crippen LogP contribution < -0.4 is 10.6 Å². The van der Waals surface area contributed by atoms with Crippen LogP contribution in [0.1, 0.15) is 21.7 Å². The van der Waals surface area contributed by atoms with Crippen LogP contribution in [0.2, 0.25) is 0 Å². The highest BCUT2D eigenvalue weighted by Gasteiger charge is 2.15. The van der Waals surface area contributed by atoms with Gasteiger partial charge in [-0.1, -0.05) is 34.4 Å². The monoisotopic (exact) mass is 440 g/mol. The van der Waals surface area contributed by atoms with Crippen LogP contribution in [0.25, 0.3) is 0 Å². The van der Waals surface area contributed by atoms with Gasteiger partial charge in [-0.25, -0.2) is 9.18 Å². The van der Waals surface area contributed by atoms with E-state index in [1.165, 1.54) is 47.4 Å². The third-order valence-corrected chi connectivity index (χ3v) is 6.06. The van der Waals surface area contributed by atoms with Gasteiger partial charge in [-0.3, -0.25) is 10.1 Å². The van der Waals surface area contributed by atoms with Gasteiger partial charge in [-0.05, 0) is 31.2 Å². The summed E-state index contributed by atoms with van der Waals surface area (Å²) in [4.78, 5) is 23.5. The molecule has 0 saturated heterocycles. The smallest absolute Gasteiger partial charge is 0.413 e. The molecule has 0 radical (unpaired) electrons. The lowest BCUT2D eigenvalue weighted by molar-refractivity contribution is 0.102. The van der Waals surface area contributed by atoms with Crippen molar-refractivity contribution in [3.63, 3.8) is 0 Å². The largest absolute Gasteiger partial charge is 0.450 e. The van der Waals surface area contributed by atoms with Crippen LogP contribution in [-0.4, -0.2) is 39.0 Å². The van der Waals surface area contributed by atoms with Crippen molar-refractivity contribution in [2.24, 2.45) is 0 Å². The SMILES string of the molecule is CCOC(=O)Nc1nnc(SCc2nnc(C(=O)Nc3ccc(F)cc3)s2)s1. The molecule has 0 spiro atoms. The van der Waals surface area contributed by atoms with Gasteiger partial charge in [0.05, 0.1) is 12.4 Å². The Bertz CT molecular complexity index is 962. The lowest BCUT2D eigenvalue weighted by Crippen LogP contribution is -2.12. The molecule has 2 amide bonds. The number of benzene rings is 1. The van der Waals surface area contributed by atoms with Crippen molar-refractivity contribution in [1.82, 2.24) is 20.4 Å². The summed E-state index contributed by atoms with van der Waals surface area (Å²) in [5.74, 6) is -0.363. The summed E-state index contributed by atoms with van der Waals surface area (Å²) < 4.78 is 18.3. The molecule has 2 N–H and O–H groups in total. The molecular formula is C15H13FN6O3S3. The number of carbonyl (C=O) groups is 2. The first-order valence-electron chi connectivity index (χ1n) is 7.83. The third-order valence-electron chi connectivity index (χ3n) is 2.97. The van der Waals surface area contributed by atoms with Crippen molar-refractivity contribution in [3.05, 3.63) is 40.1 Å². The molecule has 0 unspecified atom stereocenters. The number of rotatable bonds is 7. The number of halogens is 1. The number of carbonyl (C=O) groups excluding carboxylic acids is 2. The van der Waals surface area contributed by atoms with Crippen LogP contribution >= 0.6 is 34.4 Å². The van der Waals surface area contributed by atoms with E-state index in [1.54, 1.807) is 6.92 Å². The Balaban J connectivity index is 1.52. The molecule has 0 bridgehead atoms. The number of anilines is 2. The molecule has 9 nitrogen and oxygen atoms in total. The van der Waals surface area contributed by atoms with Gasteiger partial charge in [-0.2, -0.15) is 0 Å². The Kier molecular flexibility index (Phi) is 6.84. The first kappa shape index (κ1) is 20.1. The number of ether oxygens (including phenoxy) is 1. The number of hydrogen-bond donors (Lipinski definition) is 2. The first-order chi connectivity index (χ1) is 13.5. The maximum Gasteiger partial charge on any atom is 0.413 e. The summed E-state index contributed by atoms with van der Waals surface area (Å²) in [6.07, 6.45) is -0.587. The molecule has 1 aromatic carbocycles. The number of thioether (sulfide) groups is 1. The molecule has 0 aliphatic carbocycles. The van der Waals surface area contributed by atoms with Crippen molar-refractivity contribution in [3.8, 4) is 0 Å². The zero-order chi connectivity index (χ0) is 19.9. The summed E-state index contributed by atoms with van der Waals surface area (Å²) in [7, 11) is 0. The van der Waals surface area contributed by atoms with Crippen LogP contribution in [0.4, 0.5) is 20.0 Å². The van der Waals surface area contributed by atoms with Crippen LogP contribution in [0.3, 0.4) is 0 Å². The van der Waals surface area contributed by atoms with Gasteiger partial charge in [0, 0.05) is 5.69 Å². The van der Waals surface area contributed by atoms with Crippen LogP contribution in [0, 0.1) is 5.82 Å². The molecule has 0 aliphatic heterocycles. The predicted molar refractivity (Wildman–Crippen MR) is 104 cm³/mol. The fourth-order valence-corrected chi connectivity index (χ4v) is 4.28. The molecule has 28 heavy (non-hydrogen) atoms. The molecule has 2 heterocycles. The van der Waals surface area contributed by atoms with Crippen molar-refractivity contribution in [2.45, 2.75) is 17.0 Å². The molecule has 0 saturated carbocycles. The Labute approximate surface area is 170 Å². The highest BCUT2D eigenvalue weighted by molar-refractivity contribution is 8.00. The van der Waals surface area contributed by atoms with Gasteiger partial charge < -0.3 is 10.1 Å². The summed E-state index contributed by atoms with van der Waals surface area (Å²) in [6.45, 7) is 1.97. The molecule has 3 rings (SSSR count). The topological polar surface area (TPSA) is 119 Å². The third kappa shape index (κ3) is 5.68. The van der Waals surface area contributed by atoms with Gasteiger partial charge in [0.15, 0.2) is 4.34 Å². The zero-order valence-electron chi connectivity index (χ0n) is 14.3. The van der Waals surface area contributed by atoms with Gasteiger partial charge in [0.25, 0.3) is 5.91 Å². The average Bonchev–Trinajstić information content (AvgIpc) is 3.31. The van der Waals surface area contributed by atoms with E-state index in [0.29, 0.717) is 25.9 Å². The lowest BCUT2D eigenvalue weighted by Gasteiger charge is -2.01. The van der Waals surface area contributed by atoms with Crippen LogP contribution in [0.5, 0.6) is 0 Å². The van der Waals surface area contributed by atoms with Crippen LogP contribution in [0.15, 0.2) is 28.6 Å². The van der Waals surface area contributed by atoms with E-state index in [9.17, 15) is 14.0 Å². The standard InChI is InChI=1S/C15H13FN6O3S3/c1-2-25-14(24)18-13-21-22-15(28-13)26-7-10-19-20-12(27-10)11(23)17-9-5-3-8(16)4-6-9/h3-6H,2,7H2,1H3,(H,17,23)(H,18,21,24). The minimum atomic E-state index is -0.587. The highest BCUT2D eigenvalue weighted by atomic mass is 32.2. The second-order valence-electron chi connectivity index (χ2n) is 4.97. The molecule has 0 atom stereocenters. The lowest BCUT2D eigenvalue weighted by atomic mass is 10.3. The van der Waals surface area contributed by atoms with Gasteiger partial charge in [0.2, 0.25) is 10.1 Å². The summed E-state index contributed by atoms with van der Waals surface area (Å²) in [5.41, 5.74) is 0.466. The normalized spacial score (nSPS) is 10.5. The molecule has 0 fully saturated rings. The molecular weight excluding hydrogens is 427 g/mol. The quantitative estimate of drug-likeness (QED) is 0.422. The number of nitrogens with one attached hydrogen (secondary N) is 2. The van der Waals surface area contributed by atoms with Crippen molar-refractivity contribution < 1.29 is 18.7 Å². The number of aromatic nitrogens is 4. The van der Waals surface area contributed by atoms with E-state index in [0.717, 1.165) is 11.3 Å². The van der Waals surface area contributed by atoms with Crippen molar-refractivity contribution in [1.29, 1.82) is 0 Å². The second-order valence-corrected chi connectivity index (χ2v) is 8.23. The van der Waals surface area contributed by atoms with E-state index in [4.69, 9.17) is 4.74 Å². The Morgan fingerprint density at radius 2 is 1.89 bits per heavy atom. The van der Waals surface area contributed by atoms with E-state index >= 15 is 0 Å². The molecule has 146 valence electrons. The highest BCUT2D eigenvalue weighted by Crippen LogP contribution is 2.29. The van der Waals surface area contributed by atoms with Crippen LogP contribution in [-0.2, 0) is 10.5 Å². The van der Waals surface area contributed by atoms with E-state index in [1.807, 2.05) is 0 Å². The van der Waals surface area contributed by atoms with Gasteiger partial charge >= 0.3 is 6.09 Å². The molecule has 0 aliphatic rings. The Morgan fingerprint density at radius 1 is 1.11 bits per heavy atom. The van der Waals surface area contributed by atoms with Crippen molar-refractivity contribution >= 4 is 57.3 Å². The van der Waals surface area contributed by atoms with E-state index in [-0.39, 0.29) is 17.4 Å². The maximum atomic E-state index is 12.9. The van der Waals surface area contributed by atoms with Gasteiger partial charge in [0.1, 0.15) is 10.8 Å². The first-order valence-corrected chi connectivity index (χ1v) is 10.4. The number of hydrogen-bond acceptors (Lipinski definition) is 10. The zero-order valence-corrected chi connectivity index (χ0v) is 16.8. The van der Waals surface area contributed by atoms with E-state index < -0.39 is 12.0 Å². The van der Waals surface area contributed by atoms with Gasteiger partial charge in [-0.15, -0.1) is 20.4 Å². The fraction of sp³-hybridized carbons (Fsp3) is 0.200. The summed E-state index contributed by atoms with van der Waals surface area (Å²) in [6, 6.07) is 5.43. The Hall–Kier alpha value is -2.64. The minimum absolute atomic E-state index is 0.196. The Morgan fingerprint density at radius 3 is 2.64 bits per heavy atom. The minimum Gasteiger partial charge on any atom is -0.450 e. The van der Waals surface area contributed by atoms with E-state index in [2.05, 4.69) is 31.0 Å². The maximum absolute atomic E-state index is 12.9. The summed E-state index contributed by atoms with van der Waals surface area (Å²) >= 11 is 3.69. The fourth-order valence-electron chi connectivity index (χ4n) is 1.82. The number of nitrogens with zero attached hydrogens (tertiary/aromatic N) is 4. The van der Waals surface area contributed by atoms with Crippen molar-refractivity contribution in [2.75, 3.05) is 17.2 Å². The molecule has 2 aromatic heterocycles. The predicted octanol–water partition coefficient (Wildman–Crippen LogP) is 3.64. The average molecular weight is 441 g/mol. The number of amides is 2. The second kappa shape index (κ2) is 9.52. The molecule has 3 aromatic rings. The molecule has 13 heteroatoms.